The van der Waals surface area contributed by atoms with Gasteiger partial charge in [0.25, 0.3) is 17.7 Å². The van der Waals surface area contributed by atoms with Crippen LogP contribution in [-0.2, 0) is 26.5 Å². The largest absolute Gasteiger partial charge is 0.306 e. The van der Waals surface area contributed by atoms with Crippen molar-refractivity contribution in [2.45, 2.75) is 18.5 Å². The Kier molecular flexibility index (Phi) is 4.59. The van der Waals surface area contributed by atoms with Crippen LogP contribution in [0.1, 0.15) is 22.5 Å². The average molecular weight is 578 g/mol. The number of benzene rings is 1. The first-order valence-corrected chi connectivity index (χ1v) is 10.3. The summed E-state index contributed by atoms with van der Waals surface area (Å²) in [4.78, 5) is 51.8. The molecule has 1 N–H and O–H groups in total. The lowest BCUT2D eigenvalue weighted by molar-refractivity contribution is -0.147. The van der Waals surface area contributed by atoms with E-state index in [4.69, 9.17) is 0 Å². The molecule has 1 unspecified atom stereocenters. The zero-order chi connectivity index (χ0) is 20.4. The summed E-state index contributed by atoms with van der Waals surface area (Å²) in [5.41, 5.74) is -1.82. The van der Waals surface area contributed by atoms with E-state index in [1.165, 1.54) is 22.8 Å². The van der Waals surface area contributed by atoms with E-state index in [0.29, 0.717) is 8.95 Å². The molecule has 4 amide bonds. The van der Waals surface area contributed by atoms with Crippen molar-refractivity contribution < 1.29 is 23.6 Å². The third-order valence-corrected chi connectivity index (χ3v) is 7.14. The second-order valence-electron chi connectivity index (χ2n) is 6.35. The van der Waals surface area contributed by atoms with Gasteiger partial charge in [-0.1, -0.05) is 22.0 Å². The van der Waals surface area contributed by atoms with Gasteiger partial charge in [-0.15, -0.1) is 0 Å². The van der Waals surface area contributed by atoms with E-state index in [0.717, 1.165) is 4.90 Å². The summed E-state index contributed by atoms with van der Waals surface area (Å²) >= 11 is 9.68. The molecular weight excluding hydrogens is 569 g/mol. The molecule has 0 aliphatic carbocycles. The molecule has 1 spiro atoms. The van der Waals surface area contributed by atoms with Gasteiger partial charge < -0.3 is 4.57 Å². The highest BCUT2D eigenvalue weighted by atomic mass is 79.9. The van der Waals surface area contributed by atoms with Crippen molar-refractivity contribution in [2.75, 3.05) is 0 Å². The lowest BCUT2D eigenvalue weighted by atomic mass is 9.91. The first-order valence-electron chi connectivity index (χ1n) is 7.88. The molecule has 1 aromatic carbocycles. The highest BCUT2D eigenvalue weighted by Gasteiger charge is 2.61. The average Bonchev–Trinajstić information content (AvgIpc) is 3.09. The van der Waals surface area contributed by atoms with Crippen LogP contribution in [0.15, 0.2) is 37.8 Å². The Morgan fingerprint density at radius 3 is 2.43 bits per heavy atom. The highest BCUT2D eigenvalue weighted by Crippen LogP contribution is 2.42. The minimum Gasteiger partial charge on any atom is -0.306 e. The molecule has 28 heavy (non-hydrogen) atoms. The van der Waals surface area contributed by atoms with Gasteiger partial charge in [-0.25, -0.2) is 4.39 Å². The van der Waals surface area contributed by atoms with E-state index in [1.807, 2.05) is 0 Å². The fourth-order valence-corrected chi connectivity index (χ4v) is 4.78. The topological polar surface area (TPSA) is 88.5 Å². The van der Waals surface area contributed by atoms with E-state index in [-0.39, 0.29) is 22.4 Å². The normalized spacial score (nSPS) is 21.5. The second kappa shape index (κ2) is 6.60. The molecule has 2 aliphatic rings. The summed E-state index contributed by atoms with van der Waals surface area (Å²) in [5, 5.41) is 2.13. The third-order valence-electron chi connectivity index (χ3n) is 4.73. The van der Waals surface area contributed by atoms with Crippen molar-refractivity contribution in [3.63, 3.8) is 0 Å². The van der Waals surface area contributed by atoms with Crippen LogP contribution < -0.4 is 5.32 Å². The number of rotatable bonds is 2. The SMILES string of the molecule is O=C1CC2(C(=O)N1)C(=O)N(Cc1ccc(Br)cc1F)C(=O)c1cc(Br)c(Br)n12. The maximum Gasteiger partial charge on any atom is 0.277 e. The Bertz CT molecular complexity index is 1100. The number of carbonyl (C=O) groups excluding carboxylic acids is 4. The summed E-state index contributed by atoms with van der Waals surface area (Å²) in [6.07, 6.45) is -0.454. The van der Waals surface area contributed by atoms with Crippen molar-refractivity contribution in [3.8, 4) is 0 Å². The number of imide groups is 2. The van der Waals surface area contributed by atoms with Crippen molar-refractivity contribution in [1.29, 1.82) is 0 Å². The molecule has 2 aromatic rings. The third kappa shape index (κ3) is 2.63. The number of halogens is 4. The second-order valence-corrected chi connectivity index (χ2v) is 8.87. The minimum atomic E-state index is -1.95. The van der Waals surface area contributed by atoms with Crippen LogP contribution in [0.3, 0.4) is 0 Å². The molecule has 1 aromatic heterocycles. The smallest absolute Gasteiger partial charge is 0.277 e. The number of nitrogens with one attached hydrogen (secondary N) is 1. The van der Waals surface area contributed by atoms with Crippen LogP contribution in [0.4, 0.5) is 4.39 Å². The molecular formula is C17H9Br3FN3O4. The van der Waals surface area contributed by atoms with Gasteiger partial charge in [-0.05, 0) is 50.1 Å². The van der Waals surface area contributed by atoms with E-state index in [1.54, 1.807) is 6.07 Å². The van der Waals surface area contributed by atoms with Crippen LogP contribution in [0.2, 0.25) is 0 Å². The number of nitrogens with zero attached hydrogens (tertiary/aromatic N) is 2. The molecule has 144 valence electrons. The van der Waals surface area contributed by atoms with Crippen LogP contribution >= 0.6 is 47.8 Å². The summed E-state index contributed by atoms with van der Waals surface area (Å²) in [6.45, 7) is -0.375. The molecule has 7 nitrogen and oxygen atoms in total. The highest BCUT2D eigenvalue weighted by molar-refractivity contribution is 9.13. The van der Waals surface area contributed by atoms with E-state index in [2.05, 4.69) is 53.1 Å². The summed E-state index contributed by atoms with van der Waals surface area (Å²) in [5.74, 6) is -3.67. The van der Waals surface area contributed by atoms with Crippen LogP contribution in [-0.4, -0.2) is 33.1 Å². The Morgan fingerprint density at radius 1 is 1.11 bits per heavy atom. The van der Waals surface area contributed by atoms with Gasteiger partial charge in [-0.2, -0.15) is 0 Å². The Morgan fingerprint density at radius 2 is 1.82 bits per heavy atom. The predicted octanol–water partition coefficient (Wildman–Crippen LogP) is 2.84. The van der Waals surface area contributed by atoms with Gasteiger partial charge >= 0.3 is 0 Å². The monoisotopic (exact) mass is 575 g/mol. The van der Waals surface area contributed by atoms with Gasteiger partial charge in [-0.3, -0.25) is 29.4 Å². The number of amides is 4. The first-order chi connectivity index (χ1) is 13.2. The van der Waals surface area contributed by atoms with Gasteiger partial charge in [0.1, 0.15) is 16.1 Å². The molecule has 0 radical (unpaired) electrons. The lowest BCUT2D eigenvalue weighted by Crippen LogP contribution is -2.61. The maximum absolute atomic E-state index is 14.3. The van der Waals surface area contributed by atoms with Gasteiger partial charge in [0, 0.05) is 10.0 Å². The number of hydrogen-bond donors (Lipinski definition) is 1. The minimum absolute atomic E-state index is 0.0284. The Balaban J connectivity index is 1.89. The van der Waals surface area contributed by atoms with Crippen molar-refractivity contribution in [1.82, 2.24) is 14.8 Å². The van der Waals surface area contributed by atoms with Crippen LogP contribution in [0.25, 0.3) is 0 Å². The molecule has 2 aliphatic heterocycles. The molecule has 11 heteroatoms. The van der Waals surface area contributed by atoms with Crippen molar-refractivity contribution in [3.05, 3.63) is 54.9 Å². The quantitative estimate of drug-likeness (QED) is 0.439. The first kappa shape index (κ1) is 19.5. The lowest BCUT2D eigenvalue weighted by Gasteiger charge is -2.38. The predicted molar refractivity (Wildman–Crippen MR) is 105 cm³/mol. The number of fused-ring (bicyclic) bond motifs is 2. The number of carbonyl (C=O) groups is 4. The number of hydrogen-bond acceptors (Lipinski definition) is 4. The van der Waals surface area contributed by atoms with E-state index < -0.39 is 41.4 Å². The van der Waals surface area contributed by atoms with Gasteiger partial charge in [0.05, 0.1) is 17.4 Å². The fourth-order valence-electron chi connectivity index (χ4n) is 3.44. The zero-order valence-corrected chi connectivity index (χ0v) is 18.5. The molecule has 3 heterocycles. The van der Waals surface area contributed by atoms with E-state index >= 15 is 0 Å². The summed E-state index contributed by atoms with van der Waals surface area (Å²) < 4.78 is 16.7. The standard InChI is InChI=1S/C17H9Br3FN3O4/c18-8-2-1-7(10(21)3-8)6-23-14(26)11-4-9(19)13(20)24(11)17(16(23)28)5-12(25)22-15(17)27/h1-4H,5-6H2,(H,22,25,27). The summed E-state index contributed by atoms with van der Waals surface area (Å²) in [6, 6.07) is 5.67. The van der Waals surface area contributed by atoms with Gasteiger partial charge in [0.2, 0.25) is 11.4 Å². The Hall–Kier alpha value is -1.85. The zero-order valence-electron chi connectivity index (χ0n) is 13.8. The molecule has 1 atom stereocenters. The van der Waals surface area contributed by atoms with Crippen LogP contribution in [0.5, 0.6) is 0 Å². The van der Waals surface area contributed by atoms with Crippen molar-refractivity contribution >= 4 is 71.4 Å². The molecule has 1 saturated heterocycles. The maximum atomic E-state index is 14.3. The molecule has 1 fully saturated rings. The molecule has 4 rings (SSSR count). The van der Waals surface area contributed by atoms with Crippen molar-refractivity contribution in [2.24, 2.45) is 0 Å². The summed E-state index contributed by atoms with van der Waals surface area (Å²) in [7, 11) is 0. The fraction of sp³-hybridized carbons (Fsp3) is 0.176. The Labute approximate surface area is 182 Å². The van der Waals surface area contributed by atoms with E-state index in [9.17, 15) is 23.6 Å². The number of aromatic nitrogens is 1. The molecule has 0 saturated carbocycles. The molecule has 0 bridgehead atoms. The van der Waals surface area contributed by atoms with Crippen LogP contribution in [0, 0.1) is 5.82 Å². The van der Waals surface area contributed by atoms with Gasteiger partial charge in [0.15, 0.2) is 0 Å².